The fourth-order valence-electron chi connectivity index (χ4n) is 4.34. The summed E-state index contributed by atoms with van der Waals surface area (Å²) in [5.41, 5.74) is 2.41. The number of nitrogens with one attached hydrogen (secondary N) is 1. The largest absolute Gasteiger partial charge is 0.489 e. The second-order valence-electron chi connectivity index (χ2n) is 9.29. The number of benzene rings is 2. The van der Waals surface area contributed by atoms with Crippen LogP contribution >= 0.6 is 0 Å². The van der Waals surface area contributed by atoms with E-state index in [1.54, 1.807) is 0 Å². The molecule has 0 fully saturated rings. The second kappa shape index (κ2) is 12.0. The molecule has 1 atom stereocenters. The van der Waals surface area contributed by atoms with Crippen LogP contribution in [0, 0.1) is 5.92 Å². The Kier molecular flexibility index (Phi) is 8.50. The first-order valence-corrected chi connectivity index (χ1v) is 12.2. The van der Waals surface area contributed by atoms with Crippen molar-refractivity contribution in [2.24, 2.45) is 5.92 Å². The lowest BCUT2D eigenvalue weighted by Crippen LogP contribution is -2.36. The Hall–Kier alpha value is -3.23. The quantitative estimate of drug-likeness (QED) is 0.482. The average molecular weight is 478 g/mol. The molecule has 0 saturated carbocycles. The summed E-state index contributed by atoms with van der Waals surface area (Å²) in [5.74, 6) is 2.71. The molecule has 35 heavy (non-hydrogen) atoms. The van der Waals surface area contributed by atoms with Crippen molar-refractivity contribution in [3.63, 3.8) is 0 Å². The molecule has 1 aliphatic heterocycles. The first-order chi connectivity index (χ1) is 17.0. The predicted molar refractivity (Wildman–Crippen MR) is 134 cm³/mol. The fraction of sp³-hybridized carbons (Fsp3) is 0.444. The molecular formula is C27H35N5O3. The van der Waals surface area contributed by atoms with Gasteiger partial charge in [-0.1, -0.05) is 56.3 Å². The van der Waals surface area contributed by atoms with Crippen LogP contribution in [0.25, 0.3) is 0 Å². The number of rotatable bonds is 10. The molecule has 3 aromatic rings. The van der Waals surface area contributed by atoms with E-state index in [0.717, 1.165) is 55.6 Å². The lowest BCUT2D eigenvalue weighted by molar-refractivity contribution is -0.125. The molecule has 8 nitrogen and oxygen atoms in total. The van der Waals surface area contributed by atoms with Crippen molar-refractivity contribution in [3.8, 4) is 5.75 Å². The summed E-state index contributed by atoms with van der Waals surface area (Å²) >= 11 is 0. The average Bonchev–Trinajstić information content (AvgIpc) is 3.16. The summed E-state index contributed by atoms with van der Waals surface area (Å²) in [6.07, 6.45) is 0.822. The lowest BCUT2D eigenvalue weighted by Gasteiger charge is -2.23. The molecule has 0 unspecified atom stereocenters. The molecule has 1 amide bonds. The van der Waals surface area contributed by atoms with Crippen molar-refractivity contribution >= 4 is 5.91 Å². The normalized spacial score (nSPS) is 14.9. The maximum Gasteiger partial charge on any atom is 0.246 e. The van der Waals surface area contributed by atoms with Crippen LogP contribution in [-0.4, -0.2) is 52.4 Å². The van der Waals surface area contributed by atoms with Crippen LogP contribution in [0.5, 0.6) is 5.75 Å². The third-order valence-electron chi connectivity index (χ3n) is 6.26. The van der Waals surface area contributed by atoms with E-state index in [4.69, 9.17) is 9.47 Å². The fourth-order valence-corrected chi connectivity index (χ4v) is 4.34. The SMILES string of the molecule is COCC(=O)N[C@H](c1nnc2n1CCN(Cc1ccc(OCc3ccccc3)cc1)CC2)C(C)C. The zero-order valence-electron chi connectivity index (χ0n) is 20.8. The van der Waals surface area contributed by atoms with Gasteiger partial charge in [0, 0.05) is 39.7 Å². The molecule has 0 saturated heterocycles. The first-order valence-electron chi connectivity index (χ1n) is 12.2. The van der Waals surface area contributed by atoms with Crippen molar-refractivity contribution in [2.75, 3.05) is 26.8 Å². The molecule has 1 aromatic heterocycles. The number of hydrogen-bond acceptors (Lipinski definition) is 6. The number of methoxy groups -OCH3 is 1. The Labute approximate surface area is 207 Å². The maximum atomic E-state index is 12.2. The first kappa shape index (κ1) is 24.9. The summed E-state index contributed by atoms with van der Waals surface area (Å²) in [4.78, 5) is 14.6. The summed E-state index contributed by atoms with van der Waals surface area (Å²) < 4.78 is 13.1. The Morgan fingerprint density at radius 2 is 1.77 bits per heavy atom. The number of amides is 1. The van der Waals surface area contributed by atoms with Gasteiger partial charge in [-0.15, -0.1) is 10.2 Å². The summed E-state index contributed by atoms with van der Waals surface area (Å²) in [7, 11) is 1.52. The highest BCUT2D eigenvalue weighted by Gasteiger charge is 2.27. The molecule has 1 aliphatic rings. The van der Waals surface area contributed by atoms with Gasteiger partial charge in [-0.3, -0.25) is 9.69 Å². The molecule has 4 rings (SSSR count). The highest BCUT2D eigenvalue weighted by atomic mass is 16.5. The zero-order valence-corrected chi connectivity index (χ0v) is 20.8. The molecule has 186 valence electrons. The summed E-state index contributed by atoms with van der Waals surface area (Å²) in [6.45, 7) is 8.22. The Morgan fingerprint density at radius 1 is 1.00 bits per heavy atom. The van der Waals surface area contributed by atoms with Crippen LogP contribution in [-0.2, 0) is 35.6 Å². The van der Waals surface area contributed by atoms with E-state index in [2.05, 4.69) is 63.1 Å². The van der Waals surface area contributed by atoms with E-state index in [-0.39, 0.29) is 24.5 Å². The number of ether oxygens (including phenoxy) is 2. The Balaban J connectivity index is 1.34. The van der Waals surface area contributed by atoms with E-state index in [9.17, 15) is 4.79 Å². The van der Waals surface area contributed by atoms with Crippen molar-refractivity contribution < 1.29 is 14.3 Å². The van der Waals surface area contributed by atoms with Gasteiger partial charge < -0.3 is 19.4 Å². The van der Waals surface area contributed by atoms with E-state index in [0.29, 0.717) is 6.61 Å². The Morgan fingerprint density at radius 3 is 2.49 bits per heavy atom. The van der Waals surface area contributed by atoms with Gasteiger partial charge in [-0.25, -0.2) is 0 Å². The van der Waals surface area contributed by atoms with E-state index in [1.807, 2.05) is 30.3 Å². The molecule has 0 aliphatic carbocycles. The number of fused-ring (bicyclic) bond motifs is 1. The van der Waals surface area contributed by atoms with Crippen LogP contribution in [0.4, 0.5) is 0 Å². The van der Waals surface area contributed by atoms with Crippen molar-refractivity contribution in [2.45, 2.75) is 46.0 Å². The predicted octanol–water partition coefficient (Wildman–Crippen LogP) is 3.38. The van der Waals surface area contributed by atoms with E-state index >= 15 is 0 Å². The zero-order chi connectivity index (χ0) is 24.6. The summed E-state index contributed by atoms with van der Waals surface area (Å²) in [5, 5.41) is 12.0. The van der Waals surface area contributed by atoms with Gasteiger partial charge in [0.25, 0.3) is 0 Å². The van der Waals surface area contributed by atoms with E-state index in [1.165, 1.54) is 12.7 Å². The molecule has 0 bridgehead atoms. The van der Waals surface area contributed by atoms with Crippen molar-refractivity contribution in [1.82, 2.24) is 25.0 Å². The minimum Gasteiger partial charge on any atom is -0.489 e. The van der Waals surface area contributed by atoms with Gasteiger partial charge in [0.15, 0.2) is 5.82 Å². The molecule has 2 heterocycles. The third kappa shape index (κ3) is 6.68. The van der Waals surface area contributed by atoms with Gasteiger partial charge in [0.1, 0.15) is 24.8 Å². The van der Waals surface area contributed by atoms with Crippen LogP contribution in [0.1, 0.15) is 42.7 Å². The standard InChI is InChI=1S/C27H35N5O3/c1-20(2)26(28-25(33)19-34-3)27-30-29-24-13-14-31(15-16-32(24)27)17-21-9-11-23(12-10-21)35-18-22-7-5-4-6-8-22/h4-12,20,26H,13-19H2,1-3H3,(H,28,33)/t26-/m0/s1. The molecule has 0 radical (unpaired) electrons. The topological polar surface area (TPSA) is 81.5 Å². The minimum absolute atomic E-state index is 0.0358. The number of hydrogen-bond donors (Lipinski definition) is 1. The number of carbonyl (C=O) groups excluding carboxylic acids is 1. The van der Waals surface area contributed by atoms with Crippen molar-refractivity contribution in [1.29, 1.82) is 0 Å². The highest BCUT2D eigenvalue weighted by Crippen LogP contribution is 2.23. The molecular weight excluding hydrogens is 442 g/mol. The maximum absolute atomic E-state index is 12.2. The van der Waals surface area contributed by atoms with Gasteiger partial charge in [-0.2, -0.15) is 0 Å². The van der Waals surface area contributed by atoms with Crippen LogP contribution < -0.4 is 10.1 Å². The molecule has 2 aromatic carbocycles. The number of aromatic nitrogens is 3. The van der Waals surface area contributed by atoms with Crippen LogP contribution in [0.15, 0.2) is 54.6 Å². The monoisotopic (exact) mass is 477 g/mol. The minimum atomic E-state index is -0.200. The van der Waals surface area contributed by atoms with E-state index < -0.39 is 0 Å². The number of nitrogens with zero attached hydrogens (tertiary/aromatic N) is 4. The smallest absolute Gasteiger partial charge is 0.246 e. The second-order valence-corrected chi connectivity index (χ2v) is 9.29. The molecule has 8 heteroatoms. The Bertz CT molecular complexity index is 1080. The lowest BCUT2D eigenvalue weighted by atomic mass is 10.0. The van der Waals surface area contributed by atoms with Crippen LogP contribution in [0.3, 0.4) is 0 Å². The highest BCUT2D eigenvalue weighted by molar-refractivity contribution is 5.77. The van der Waals surface area contributed by atoms with Crippen LogP contribution in [0.2, 0.25) is 0 Å². The van der Waals surface area contributed by atoms with Gasteiger partial charge in [0.05, 0.1) is 6.04 Å². The van der Waals surface area contributed by atoms with Gasteiger partial charge in [-0.05, 0) is 29.2 Å². The van der Waals surface area contributed by atoms with Crippen molar-refractivity contribution in [3.05, 3.63) is 77.4 Å². The molecule has 1 N–H and O–H groups in total. The summed E-state index contributed by atoms with van der Waals surface area (Å²) in [6, 6.07) is 18.3. The molecule has 0 spiro atoms. The number of carbonyl (C=O) groups is 1. The van der Waals surface area contributed by atoms with Gasteiger partial charge >= 0.3 is 0 Å². The van der Waals surface area contributed by atoms with Gasteiger partial charge in [0.2, 0.25) is 5.91 Å². The third-order valence-corrected chi connectivity index (χ3v) is 6.26.